The minimum absolute atomic E-state index is 0. The molecule has 0 aromatic heterocycles. The predicted octanol–water partition coefficient (Wildman–Crippen LogP) is 2.72. The molecule has 6 nitrogen and oxygen atoms in total. The Balaban J connectivity index is 0.00000300. The maximum Gasteiger partial charge on any atom is 0.401 e. The largest absolute Gasteiger partial charge is 0.401 e. The van der Waals surface area contributed by atoms with Crippen LogP contribution in [0, 0.1) is 5.92 Å². The fraction of sp³-hybridized carbons (Fsp3) is 0.947. The lowest BCUT2D eigenvalue weighted by Gasteiger charge is -2.37. The summed E-state index contributed by atoms with van der Waals surface area (Å²) < 4.78 is 49.1. The van der Waals surface area contributed by atoms with Gasteiger partial charge in [-0.3, -0.25) is 9.89 Å². The van der Waals surface area contributed by atoms with Crippen molar-refractivity contribution < 1.29 is 22.6 Å². The first-order chi connectivity index (χ1) is 13.4. The van der Waals surface area contributed by atoms with Gasteiger partial charge in [-0.15, -0.1) is 24.0 Å². The molecule has 3 rings (SSSR count). The molecule has 3 aliphatic heterocycles. The van der Waals surface area contributed by atoms with Crippen molar-refractivity contribution >= 4 is 29.9 Å². The highest BCUT2D eigenvalue weighted by Gasteiger charge is 2.33. The monoisotopic (exact) mass is 534 g/mol. The highest BCUT2D eigenvalue weighted by molar-refractivity contribution is 14.0. The van der Waals surface area contributed by atoms with E-state index in [1.807, 2.05) is 0 Å². The first-order valence-corrected chi connectivity index (χ1v) is 10.4. The van der Waals surface area contributed by atoms with Crippen molar-refractivity contribution in [1.82, 2.24) is 15.1 Å². The molecule has 10 heteroatoms. The van der Waals surface area contributed by atoms with Crippen LogP contribution in [-0.4, -0.2) is 93.7 Å². The highest BCUT2D eigenvalue weighted by Crippen LogP contribution is 2.24. The van der Waals surface area contributed by atoms with Crippen LogP contribution in [0.1, 0.15) is 32.1 Å². The zero-order valence-corrected chi connectivity index (χ0v) is 19.5. The van der Waals surface area contributed by atoms with Crippen molar-refractivity contribution in [2.24, 2.45) is 10.9 Å². The fourth-order valence-corrected chi connectivity index (χ4v) is 4.40. The molecule has 1 N–H and O–H groups in total. The molecule has 2 atom stereocenters. The number of likely N-dealkylation sites (tertiary alicyclic amines) is 1. The SMILES string of the molecule is CN=C(NCCC1CCN(CC(F)(F)F)CC1)N1CCOC(C2CCCO2)C1.I. The van der Waals surface area contributed by atoms with Gasteiger partial charge in [0.05, 0.1) is 19.3 Å². The molecular weight excluding hydrogens is 500 g/mol. The Labute approximate surface area is 188 Å². The number of morpholine rings is 1. The second-order valence-corrected chi connectivity index (χ2v) is 8.00. The summed E-state index contributed by atoms with van der Waals surface area (Å²) in [5, 5.41) is 3.43. The molecule has 0 saturated carbocycles. The zero-order chi connectivity index (χ0) is 20.0. The van der Waals surface area contributed by atoms with E-state index in [1.165, 1.54) is 4.90 Å². The number of hydrogen-bond donors (Lipinski definition) is 1. The van der Waals surface area contributed by atoms with E-state index in [1.54, 1.807) is 7.05 Å². The van der Waals surface area contributed by atoms with E-state index in [2.05, 4.69) is 15.2 Å². The first kappa shape index (κ1) is 24.9. The van der Waals surface area contributed by atoms with Gasteiger partial charge in [0, 0.05) is 33.3 Å². The molecule has 0 aromatic rings. The van der Waals surface area contributed by atoms with Crippen LogP contribution in [0.15, 0.2) is 4.99 Å². The maximum atomic E-state index is 12.5. The molecular formula is C19H34F3IN4O2. The summed E-state index contributed by atoms with van der Waals surface area (Å²) in [6.07, 6.45) is 0.940. The van der Waals surface area contributed by atoms with Crippen LogP contribution in [0.2, 0.25) is 0 Å². The third kappa shape index (κ3) is 8.02. The van der Waals surface area contributed by atoms with Gasteiger partial charge in [0.1, 0.15) is 6.10 Å². The number of aliphatic imine (C=N–C) groups is 1. The predicted molar refractivity (Wildman–Crippen MR) is 117 cm³/mol. The first-order valence-electron chi connectivity index (χ1n) is 10.4. The van der Waals surface area contributed by atoms with E-state index in [-0.39, 0.29) is 36.2 Å². The summed E-state index contributed by atoms with van der Waals surface area (Å²) in [7, 11) is 1.79. The summed E-state index contributed by atoms with van der Waals surface area (Å²) in [5.74, 6) is 1.35. The lowest BCUT2D eigenvalue weighted by atomic mass is 9.93. The summed E-state index contributed by atoms with van der Waals surface area (Å²) in [4.78, 5) is 8.15. The van der Waals surface area contributed by atoms with E-state index < -0.39 is 12.7 Å². The fourth-order valence-electron chi connectivity index (χ4n) is 4.40. The minimum atomic E-state index is -4.10. The summed E-state index contributed by atoms with van der Waals surface area (Å²) in [6, 6.07) is 0. The molecule has 3 saturated heterocycles. The van der Waals surface area contributed by atoms with Gasteiger partial charge in [-0.2, -0.15) is 13.2 Å². The molecule has 0 aromatic carbocycles. The van der Waals surface area contributed by atoms with Gasteiger partial charge in [-0.05, 0) is 51.1 Å². The van der Waals surface area contributed by atoms with Gasteiger partial charge < -0.3 is 19.7 Å². The van der Waals surface area contributed by atoms with Crippen molar-refractivity contribution in [3.05, 3.63) is 0 Å². The number of nitrogens with zero attached hydrogens (tertiary/aromatic N) is 3. The Morgan fingerprint density at radius 1 is 1.07 bits per heavy atom. The van der Waals surface area contributed by atoms with E-state index in [9.17, 15) is 13.2 Å². The molecule has 3 aliphatic rings. The average molecular weight is 534 g/mol. The van der Waals surface area contributed by atoms with E-state index >= 15 is 0 Å². The number of ether oxygens (including phenoxy) is 2. The van der Waals surface area contributed by atoms with Crippen molar-refractivity contribution in [3.63, 3.8) is 0 Å². The molecule has 0 radical (unpaired) electrons. The van der Waals surface area contributed by atoms with Crippen LogP contribution in [0.25, 0.3) is 0 Å². The van der Waals surface area contributed by atoms with Crippen LogP contribution >= 0.6 is 24.0 Å². The molecule has 0 amide bonds. The lowest BCUT2D eigenvalue weighted by molar-refractivity contribution is -0.148. The quantitative estimate of drug-likeness (QED) is 0.334. The number of nitrogens with one attached hydrogen (secondary N) is 1. The maximum absolute atomic E-state index is 12.5. The summed E-state index contributed by atoms with van der Waals surface area (Å²) >= 11 is 0. The number of halogens is 4. The average Bonchev–Trinajstić information content (AvgIpc) is 3.20. The third-order valence-electron chi connectivity index (χ3n) is 5.93. The topological polar surface area (TPSA) is 49.3 Å². The van der Waals surface area contributed by atoms with E-state index in [0.29, 0.717) is 25.6 Å². The van der Waals surface area contributed by atoms with E-state index in [0.717, 1.165) is 64.3 Å². The molecule has 0 bridgehead atoms. The highest BCUT2D eigenvalue weighted by atomic mass is 127. The third-order valence-corrected chi connectivity index (χ3v) is 5.93. The molecule has 2 unspecified atom stereocenters. The van der Waals surface area contributed by atoms with Crippen LogP contribution in [0.3, 0.4) is 0 Å². The Kier molecular flexibility index (Phi) is 10.2. The van der Waals surface area contributed by atoms with Gasteiger partial charge in [0.2, 0.25) is 0 Å². The van der Waals surface area contributed by atoms with Gasteiger partial charge >= 0.3 is 6.18 Å². The molecule has 170 valence electrons. The summed E-state index contributed by atoms with van der Waals surface area (Å²) in [5.41, 5.74) is 0. The lowest BCUT2D eigenvalue weighted by Crippen LogP contribution is -2.53. The number of guanidine groups is 1. The molecule has 3 fully saturated rings. The number of piperidine rings is 1. The smallest absolute Gasteiger partial charge is 0.375 e. The summed E-state index contributed by atoms with van der Waals surface area (Å²) in [6.45, 7) is 4.14. The Morgan fingerprint density at radius 3 is 2.41 bits per heavy atom. The Bertz CT molecular complexity index is 510. The second-order valence-electron chi connectivity index (χ2n) is 8.00. The van der Waals surface area contributed by atoms with Gasteiger partial charge in [0.15, 0.2) is 5.96 Å². The van der Waals surface area contributed by atoms with Crippen molar-refractivity contribution in [1.29, 1.82) is 0 Å². The normalized spacial score (nSPS) is 27.7. The van der Waals surface area contributed by atoms with E-state index in [4.69, 9.17) is 9.47 Å². The molecule has 29 heavy (non-hydrogen) atoms. The Morgan fingerprint density at radius 2 is 1.79 bits per heavy atom. The number of rotatable bonds is 5. The van der Waals surface area contributed by atoms with Gasteiger partial charge in [0.25, 0.3) is 0 Å². The number of alkyl halides is 3. The standard InChI is InChI=1S/C19H33F3N4O2.HI/c1-23-18(26-10-12-28-17(13-26)16-3-2-11-27-16)24-7-4-15-5-8-25(9-6-15)14-19(20,21)22;/h15-17H,2-14H2,1H3,(H,23,24);1H. The van der Waals surface area contributed by atoms with Gasteiger partial charge in [-0.25, -0.2) is 0 Å². The molecule has 3 heterocycles. The van der Waals surface area contributed by atoms with Crippen LogP contribution < -0.4 is 5.32 Å². The Hall–Kier alpha value is -0.330. The number of hydrogen-bond acceptors (Lipinski definition) is 4. The van der Waals surface area contributed by atoms with Crippen LogP contribution in [0.5, 0.6) is 0 Å². The molecule has 0 spiro atoms. The van der Waals surface area contributed by atoms with Crippen molar-refractivity contribution in [2.75, 3.05) is 59.5 Å². The zero-order valence-electron chi connectivity index (χ0n) is 17.1. The molecule has 0 aliphatic carbocycles. The van der Waals surface area contributed by atoms with Crippen LogP contribution in [0.4, 0.5) is 13.2 Å². The van der Waals surface area contributed by atoms with Crippen molar-refractivity contribution in [2.45, 2.75) is 50.5 Å². The second kappa shape index (κ2) is 11.9. The van der Waals surface area contributed by atoms with Crippen LogP contribution in [-0.2, 0) is 9.47 Å². The van der Waals surface area contributed by atoms with Gasteiger partial charge in [-0.1, -0.05) is 0 Å². The minimum Gasteiger partial charge on any atom is -0.375 e. The van der Waals surface area contributed by atoms with Crippen molar-refractivity contribution in [3.8, 4) is 0 Å².